The van der Waals surface area contributed by atoms with Gasteiger partial charge in [0.15, 0.2) is 0 Å². The third kappa shape index (κ3) is 3.90. The number of nitrogens with two attached hydrogens (primary N) is 1. The Morgan fingerprint density at radius 1 is 1.16 bits per heavy atom. The highest BCUT2D eigenvalue weighted by atomic mass is 35.5. The molecule has 0 heterocycles. The fourth-order valence-electron chi connectivity index (χ4n) is 1.56. The molecule has 0 atom stereocenters. The van der Waals surface area contributed by atoms with E-state index in [-0.39, 0.29) is 0 Å². The van der Waals surface area contributed by atoms with Crippen LogP contribution < -0.4 is 5.73 Å². The third-order valence-electron chi connectivity index (χ3n) is 2.50. The summed E-state index contributed by atoms with van der Waals surface area (Å²) in [5, 5.41) is 1.32. The maximum atomic E-state index is 11.1. The van der Waals surface area contributed by atoms with Crippen LogP contribution >= 0.6 is 35.0 Å². The second-order valence-corrected chi connectivity index (χ2v) is 5.79. The first-order valence-electron chi connectivity index (χ1n) is 5.53. The summed E-state index contributed by atoms with van der Waals surface area (Å²) in [6.45, 7) is 0. The number of carbonyl (C=O) groups is 1. The minimum Gasteiger partial charge on any atom is -0.366 e. The minimum absolute atomic E-state index is 0.423. The summed E-state index contributed by atoms with van der Waals surface area (Å²) in [5.41, 5.74) is 6.77. The van der Waals surface area contributed by atoms with Crippen molar-refractivity contribution in [2.24, 2.45) is 5.73 Å². The van der Waals surface area contributed by atoms with Gasteiger partial charge in [0.05, 0.1) is 5.02 Å². The van der Waals surface area contributed by atoms with Gasteiger partial charge in [-0.3, -0.25) is 4.79 Å². The predicted octanol–water partition coefficient (Wildman–Crippen LogP) is 4.38. The summed E-state index contributed by atoms with van der Waals surface area (Å²) in [7, 11) is 0. The first-order valence-corrected chi connectivity index (χ1v) is 7.27. The number of hydrogen-bond donors (Lipinski definition) is 1. The SMILES string of the molecule is NC(=O)c1cccc(CSc2cc(Cl)ccc2Cl)c1. The van der Waals surface area contributed by atoms with Crippen molar-refractivity contribution in [1.29, 1.82) is 0 Å². The fourth-order valence-corrected chi connectivity index (χ4v) is 3.00. The van der Waals surface area contributed by atoms with E-state index in [4.69, 9.17) is 28.9 Å². The minimum atomic E-state index is -0.423. The lowest BCUT2D eigenvalue weighted by atomic mass is 10.1. The molecule has 19 heavy (non-hydrogen) atoms. The lowest BCUT2D eigenvalue weighted by Gasteiger charge is -2.06. The van der Waals surface area contributed by atoms with Crippen LogP contribution in [-0.2, 0) is 5.75 Å². The molecule has 0 aliphatic heterocycles. The molecule has 2 nitrogen and oxygen atoms in total. The monoisotopic (exact) mass is 311 g/mol. The molecule has 0 bridgehead atoms. The van der Waals surface area contributed by atoms with Crippen LogP contribution in [0.25, 0.3) is 0 Å². The zero-order valence-electron chi connectivity index (χ0n) is 9.90. The summed E-state index contributed by atoms with van der Waals surface area (Å²) in [4.78, 5) is 12.0. The van der Waals surface area contributed by atoms with Gasteiger partial charge in [-0.15, -0.1) is 11.8 Å². The van der Waals surface area contributed by atoms with Crippen molar-refractivity contribution in [3.8, 4) is 0 Å². The second kappa shape index (κ2) is 6.33. The Morgan fingerprint density at radius 3 is 2.68 bits per heavy atom. The molecule has 0 unspecified atom stereocenters. The Labute approximate surface area is 125 Å². The van der Waals surface area contributed by atoms with Gasteiger partial charge in [-0.1, -0.05) is 35.3 Å². The van der Waals surface area contributed by atoms with E-state index in [0.717, 1.165) is 10.5 Å². The Morgan fingerprint density at radius 2 is 1.95 bits per heavy atom. The first-order chi connectivity index (χ1) is 9.06. The van der Waals surface area contributed by atoms with Crippen molar-refractivity contribution in [2.75, 3.05) is 0 Å². The summed E-state index contributed by atoms with van der Waals surface area (Å²) in [6, 6.07) is 12.6. The van der Waals surface area contributed by atoms with Gasteiger partial charge in [-0.05, 0) is 35.9 Å². The number of thioether (sulfide) groups is 1. The lowest BCUT2D eigenvalue weighted by molar-refractivity contribution is 0.1000. The average molecular weight is 312 g/mol. The molecule has 0 aliphatic rings. The molecule has 2 N–H and O–H groups in total. The third-order valence-corrected chi connectivity index (χ3v) is 4.30. The summed E-state index contributed by atoms with van der Waals surface area (Å²) in [6.07, 6.45) is 0. The molecule has 0 fully saturated rings. The van der Waals surface area contributed by atoms with Gasteiger partial charge in [0.25, 0.3) is 0 Å². The van der Waals surface area contributed by atoms with Gasteiger partial charge in [0, 0.05) is 21.2 Å². The lowest BCUT2D eigenvalue weighted by Crippen LogP contribution is -2.10. The fraction of sp³-hybridized carbons (Fsp3) is 0.0714. The zero-order valence-corrected chi connectivity index (χ0v) is 12.2. The van der Waals surface area contributed by atoms with Crippen molar-refractivity contribution in [3.05, 3.63) is 63.6 Å². The van der Waals surface area contributed by atoms with Crippen LogP contribution in [0.4, 0.5) is 0 Å². The maximum absolute atomic E-state index is 11.1. The summed E-state index contributed by atoms with van der Waals surface area (Å²) in [5.74, 6) is 0.272. The van der Waals surface area contributed by atoms with E-state index < -0.39 is 5.91 Å². The van der Waals surface area contributed by atoms with E-state index in [9.17, 15) is 4.79 Å². The normalized spacial score (nSPS) is 10.4. The van der Waals surface area contributed by atoms with Crippen molar-refractivity contribution in [2.45, 2.75) is 10.6 Å². The number of halogens is 2. The van der Waals surface area contributed by atoms with E-state index in [2.05, 4.69) is 0 Å². The van der Waals surface area contributed by atoms with Gasteiger partial charge in [-0.2, -0.15) is 0 Å². The van der Waals surface area contributed by atoms with E-state index in [1.807, 2.05) is 18.2 Å². The van der Waals surface area contributed by atoms with Crippen LogP contribution in [0, 0.1) is 0 Å². The zero-order chi connectivity index (χ0) is 13.8. The highest BCUT2D eigenvalue weighted by Crippen LogP contribution is 2.32. The first kappa shape index (κ1) is 14.3. The van der Waals surface area contributed by atoms with E-state index in [1.54, 1.807) is 36.0 Å². The van der Waals surface area contributed by atoms with Crippen molar-refractivity contribution in [3.63, 3.8) is 0 Å². The standard InChI is InChI=1S/C14H11Cl2NOS/c15-11-4-5-12(16)13(7-11)19-8-9-2-1-3-10(6-9)14(17)18/h1-7H,8H2,(H2,17,18). The summed E-state index contributed by atoms with van der Waals surface area (Å²) < 4.78 is 0. The van der Waals surface area contributed by atoms with E-state index >= 15 is 0 Å². The van der Waals surface area contributed by atoms with E-state index in [0.29, 0.717) is 21.4 Å². The van der Waals surface area contributed by atoms with Crippen molar-refractivity contribution >= 4 is 40.9 Å². The molecular weight excluding hydrogens is 301 g/mol. The number of primary amides is 1. The molecule has 1 amide bonds. The highest BCUT2D eigenvalue weighted by molar-refractivity contribution is 7.98. The number of rotatable bonds is 4. The molecule has 2 aromatic carbocycles. The molecule has 2 aromatic rings. The number of amides is 1. The molecule has 5 heteroatoms. The number of hydrogen-bond acceptors (Lipinski definition) is 2. The average Bonchev–Trinajstić information content (AvgIpc) is 2.40. The van der Waals surface area contributed by atoms with Crippen molar-refractivity contribution < 1.29 is 4.79 Å². The molecule has 2 rings (SSSR count). The molecule has 0 radical (unpaired) electrons. The molecule has 0 saturated carbocycles. The van der Waals surface area contributed by atoms with Crippen LogP contribution in [0.15, 0.2) is 47.4 Å². The van der Waals surface area contributed by atoms with Gasteiger partial charge < -0.3 is 5.73 Å². The van der Waals surface area contributed by atoms with Gasteiger partial charge in [0.2, 0.25) is 5.91 Å². The number of benzene rings is 2. The largest absolute Gasteiger partial charge is 0.366 e. The van der Waals surface area contributed by atoms with Crippen LogP contribution in [0.1, 0.15) is 15.9 Å². The summed E-state index contributed by atoms with van der Waals surface area (Å²) >= 11 is 13.6. The van der Waals surface area contributed by atoms with Crippen LogP contribution in [0.5, 0.6) is 0 Å². The topological polar surface area (TPSA) is 43.1 Å². The highest BCUT2D eigenvalue weighted by Gasteiger charge is 2.05. The molecule has 0 spiro atoms. The van der Waals surface area contributed by atoms with Crippen LogP contribution in [-0.4, -0.2) is 5.91 Å². The molecule has 0 aromatic heterocycles. The Hall–Kier alpha value is -1.16. The molecule has 0 aliphatic carbocycles. The molecule has 98 valence electrons. The Kier molecular flexibility index (Phi) is 4.75. The van der Waals surface area contributed by atoms with Gasteiger partial charge in [-0.25, -0.2) is 0 Å². The Bertz CT molecular complexity index is 616. The molecule has 0 saturated heterocycles. The quantitative estimate of drug-likeness (QED) is 0.851. The second-order valence-electron chi connectivity index (χ2n) is 3.93. The van der Waals surface area contributed by atoms with Crippen LogP contribution in [0.3, 0.4) is 0 Å². The maximum Gasteiger partial charge on any atom is 0.248 e. The Balaban J connectivity index is 2.12. The van der Waals surface area contributed by atoms with Crippen LogP contribution in [0.2, 0.25) is 10.0 Å². The van der Waals surface area contributed by atoms with Gasteiger partial charge >= 0.3 is 0 Å². The predicted molar refractivity (Wildman–Crippen MR) is 81.0 cm³/mol. The molecular formula is C14H11Cl2NOS. The van der Waals surface area contributed by atoms with E-state index in [1.165, 1.54) is 0 Å². The smallest absolute Gasteiger partial charge is 0.248 e. The van der Waals surface area contributed by atoms with Crippen molar-refractivity contribution in [1.82, 2.24) is 0 Å². The number of carbonyl (C=O) groups excluding carboxylic acids is 1. The van der Waals surface area contributed by atoms with Gasteiger partial charge in [0.1, 0.15) is 0 Å².